The zero-order chi connectivity index (χ0) is 20.4. The summed E-state index contributed by atoms with van der Waals surface area (Å²) < 4.78 is 5.33. The number of hydrogen-bond acceptors (Lipinski definition) is 5. The fourth-order valence-corrected chi connectivity index (χ4v) is 6.07. The van der Waals surface area contributed by atoms with Crippen LogP contribution in [0, 0.1) is 5.92 Å². The predicted molar refractivity (Wildman–Crippen MR) is 111 cm³/mol. The van der Waals surface area contributed by atoms with E-state index in [4.69, 9.17) is 4.74 Å². The van der Waals surface area contributed by atoms with Crippen molar-refractivity contribution in [2.24, 2.45) is 5.92 Å². The van der Waals surface area contributed by atoms with Gasteiger partial charge < -0.3 is 14.5 Å². The van der Waals surface area contributed by atoms with Crippen molar-refractivity contribution < 1.29 is 19.1 Å². The summed E-state index contributed by atoms with van der Waals surface area (Å²) in [6.45, 7) is 3.17. The van der Waals surface area contributed by atoms with Crippen LogP contribution in [-0.2, 0) is 25.5 Å². The van der Waals surface area contributed by atoms with Gasteiger partial charge in [-0.05, 0) is 44.1 Å². The van der Waals surface area contributed by atoms with Crippen LogP contribution in [-0.4, -0.2) is 63.9 Å². The molecule has 0 N–H and O–H groups in total. The Labute approximate surface area is 175 Å². The molecule has 3 aliphatic heterocycles. The SMILES string of the molecule is C[C@]12CCC(=O)N1[C@H](C(=O)OCC(=O)N1CCC(Cc3ccccc3)CC1)CS2. The second-order valence-electron chi connectivity index (χ2n) is 8.39. The Balaban J connectivity index is 1.22. The number of amides is 2. The summed E-state index contributed by atoms with van der Waals surface area (Å²) in [5.41, 5.74) is 1.34. The topological polar surface area (TPSA) is 66.9 Å². The lowest BCUT2D eigenvalue weighted by Crippen LogP contribution is -2.47. The third kappa shape index (κ3) is 4.29. The maximum atomic E-state index is 12.5. The number of thioether (sulfide) groups is 1. The molecule has 0 bridgehead atoms. The summed E-state index contributed by atoms with van der Waals surface area (Å²) in [6, 6.07) is 9.87. The Kier molecular flexibility index (Phi) is 5.86. The lowest BCUT2D eigenvalue weighted by molar-refractivity contribution is -0.158. The molecule has 0 aliphatic carbocycles. The van der Waals surface area contributed by atoms with E-state index in [0.29, 0.717) is 31.2 Å². The second kappa shape index (κ2) is 8.38. The lowest BCUT2D eigenvalue weighted by Gasteiger charge is -2.32. The van der Waals surface area contributed by atoms with Crippen molar-refractivity contribution in [2.45, 2.75) is 49.9 Å². The first-order valence-electron chi connectivity index (χ1n) is 10.4. The van der Waals surface area contributed by atoms with Crippen LogP contribution < -0.4 is 0 Å². The van der Waals surface area contributed by atoms with Gasteiger partial charge in [-0.3, -0.25) is 9.59 Å². The Bertz CT molecular complexity index is 778. The van der Waals surface area contributed by atoms with Gasteiger partial charge in [-0.25, -0.2) is 4.79 Å². The van der Waals surface area contributed by atoms with Crippen LogP contribution in [0.15, 0.2) is 30.3 Å². The number of carbonyl (C=O) groups is 3. The van der Waals surface area contributed by atoms with Crippen LogP contribution in [0.5, 0.6) is 0 Å². The fourth-order valence-electron chi connectivity index (χ4n) is 4.65. The highest BCUT2D eigenvalue weighted by molar-refractivity contribution is 8.01. The number of esters is 1. The van der Waals surface area contributed by atoms with Gasteiger partial charge in [0.2, 0.25) is 5.91 Å². The first kappa shape index (κ1) is 20.3. The molecule has 0 saturated carbocycles. The molecule has 156 valence electrons. The van der Waals surface area contributed by atoms with Gasteiger partial charge >= 0.3 is 5.97 Å². The van der Waals surface area contributed by atoms with Crippen molar-refractivity contribution in [1.82, 2.24) is 9.80 Å². The molecule has 1 aromatic rings. The normalized spacial score (nSPS) is 27.2. The van der Waals surface area contributed by atoms with Crippen LogP contribution in [0.1, 0.15) is 38.2 Å². The standard InChI is InChI=1S/C22H28N2O4S/c1-22-10-7-19(25)24(22)18(15-29-22)21(27)28-14-20(26)23-11-8-17(9-12-23)13-16-5-3-2-4-6-16/h2-6,17-18H,7-15H2,1H3/t18-,22-/m0/s1. The molecule has 0 unspecified atom stereocenters. The number of hydrogen-bond donors (Lipinski definition) is 0. The van der Waals surface area contributed by atoms with Crippen molar-refractivity contribution in [3.8, 4) is 0 Å². The summed E-state index contributed by atoms with van der Waals surface area (Å²) in [7, 11) is 0. The highest BCUT2D eigenvalue weighted by Gasteiger charge is 2.53. The highest BCUT2D eigenvalue weighted by atomic mass is 32.2. The predicted octanol–water partition coefficient (Wildman–Crippen LogP) is 2.46. The van der Waals surface area contributed by atoms with E-state index in [1.54, 1.807) is 21.6 Å². The van der Waals surface area contributed by atoms with Gasteiger partial charge in [0, 0.05) is 25.3 Å². The molecule has 0 aromatic heterocycles. The fraction of sp³-hybridized carbons (Fsp3) is 0.591. The van der Waals surface area contributed by atoms with Gasteiger partial charge in [-0.2, -0.15) is 0 Å². The Morgan fingerprint density at radius 3 is 2.66 bits per heavy atom. The summed E-state index contributed by atoms with van der Waals surface area (Å²) in [5, 5.41) is 0. The van der Waals surface area contributed by atoms with Crippen molar-refractivity contribution >= 4 is 29.5 Å². The minimum atomic E-state index is -0.565. The number of likely N-dealkylation sites (tertiary alicyclic amines) is 1. The van der Waals surface area contributed by atoms with Gasteiger partial charge in [0.05, 0.1) is 4.87 Å². The van der Waals surface area contributed by atoms with E-state index in [1.807, 2.05) is 13.0 Å². The van der Waals surface area contributed by atoms with E-state index in [1.165, 1.54) is 5.56 Å². The Morgan fingerprint density at radius 2 is 1.93 bits per heavy atom. The molecular formula is C22H28N2O4S. The molecule has 3 saturated heterocycles. The zero-order valence-corrected chi connectivity index (χ0v) is 17.7. The Hall–Kier alpha value is -2.02. The average molecular weight is 417 g/mol. The monoisotopic (exact) mass is 416 g/mol. The quantitative estimate of drug-likeness (QED) is 0.690. The molecule has 3 heterocycles. The van der Waals surface area contributed by atoms with E-state index < -0.39 is 12.0 Å². The van der Waals surface area contributed by atoms with Crippen LogP contribution >= 0.6 is 11.8 Å². The Morgan fingerprint density at radius 1 is 1.21 bits per heavy atom. The van der Waals surface area contributed by atoms with Crippen molar-refractivity contribution in [2.75, 3.05) is 25.4 Å². The third-order valence-electron chi connectivity index (χ3n) is 6.39. The van der Waals surface area contributed by atoms with Crippen LogP contribution in [0.2, 0.25) is 0 Å². The number of benzene rings is 1. The van der Waals surface area contributed by atoms with Gasteiger partial charge in [-0.15, -0.1) is 11.8 Å². The molecule has 0 spiro atoms. The molecule has 1 aromatic carbocycles. The molecule has 6 nitrogen and oxygen atoms in total. The van der Waals surface area contributed by atoms with E-state index in [9.17, 15) is 14.4 Å². The van der Waals surface area contributed by atoms with Crippen molar-refractivity contribution in [3.05, 3.63) is 35.9 Å². The van der Waals surface area contributed by atoms with E-state index in [0.717, 1.165) is 25.7 Å². The summed E-state index contributed by atoms with van der Waals surface area (Å²) in [5.74, 6) is 0.534. The van der Waals surface area contributed by atoms with Gasteiger partial charge in [0.25, 0.3) is 5.91 Å². The average Bonchev–Trinajstić information content (AvgIpc) is 3.23. The number of nitrogens with zero attached hydrogens (tertiary/aromatic N) is 2. The maximum Gasteiger partial charge on any atom is 0.330 e. The number of fused-ring (bicyclic) bond motifs is 1. The van der Waals surface area contributed by atoms with Crippen LogP contribution in [0.25, 0.3) is 0 Å². The minimum absolute atomic E-state index is 0.00580. The van der Waals surface area contributed by atoms with E-state index in [2.05, 4.69) is 24.3 Å². The van der Waals surface area contributed by atoms with E-state index >= 15 is 0 Å². The van der Waals surface area contributed by atoms with Crippen LogP contribution in [0.4, 0.5) is 0 Å². The van der Waals surface area contributed by atoms with Crippen molar-refractivity contribution in [3.63, 3.8) is 0 Å². The molecule has 2 atom stereocenters. The zero-order valence-electron chi connectivity index (χ0n) is 16.8. The molecular weight excluding hydrogens is 388 g/mol. The summed E-state index contributed by atoms with van der Waals surface area (Å²) >= 11 is 1.63. The number of piperidine rings is 1. The van der Waals surface area contributed by atoms with Gasteiger partial charge in [0.15, 0.2) is 6.61 Å². The largest absolute Gasteiger partial charge is 0.454 e. The summed E-state index contributed by atoms with van der Waals surface area (Å²) in [6.07, 6.45) is 4.21. The molecule has 29 heavy (non-hydrogen) atoms. The smallest absolute Gasteiger partial charge is 0.330 e. The molecule has 2 amide bonds. The number of carbonyl (C=O) groups excluding carboxylic acids is 3. The molecule has 7 heteroatoms. The number of ether oxygens (including phenoxy) is 1. The highest BCUT2D eigenvalue weighted by Crippen LogP contribution is 2.47. The van der Waals surface area contributed by atoms with Gasteiger partial charge in [-0.1, -0.05) is 30.3 Å². The maximum absolute atomic E-state index is 12.5. The lowest BCUT2D eigenvalue weighted by atomic mass is 9.90. The van der Waals surface area contributed by atoms with Crippen molar-refractivity contribution in [1.29, 1.82) is 0 Å². The molecule has 0 radical (unpaired) electrons. The van der Waals surface area contributed by atoms with Crippen LogP contribution in [0.3, 0.4) is 0 Å². The molecule has 3 fully saturated rings. The number of rotatable bonds is 5. The summed E-state index contributed by atoms with van der Waals surface area (Å²) in [4.78, 5) is 40.3. The third-order valence-corrected chi connectivity index (χ3v) is 7.89. The first-order valence-corrected chi connectivity index (χ1v) is 11.4. The molecule has 3 aliphatic rings. The molecule has 4 rings (SSSR count). The second-order valence-corrected chi connectivity index (χ2v) is 9.89. The van der Waals surface area contributed by atoms with Gasteiger partial charge in [0.1, 0.15) is 6.04 Å². The van der Waals surface area contributed by atoms with E-state index in [-0.39, 0.29) is 23.3 Å². The first-order chi connectivity index (χ1) is 14.0. The minimum Gasteiger partial charge on any atom is -0.454 e.